The molecule has 1 aliphatic heterocycles. The van der Waals surface area contributed by atoms with Crippen LogP contribution in [0.2, 0.25) is 0 Å². The molecule has 0 bridgehead atoms. The first-order chi connectivity index (χ1) is 16.9. The normalized spacial score (nSPS) is 19.9. The number of aliphatic hydroxyl groups excluding tert-OH is 1. The quantitative estimate of drug-likeness (QED) is 0.392. The van der Waals surface area contributed by atoms with Gasteiger partial charge in [0.2, 0.25) is 5.91 Å². The van der Waals surface area contributed by atoms with Gasteiger partial charge in [0.25, 0.3) is 0 Å². The van der Waals surface area contributed by atoms with Crippen molar-refractivity contribution in [2.75, 3.05) is 25.5 Å². The van der Waals surface area contributed by atoms with Gasteiger partial charge >= 0.3 is 5.97 Å². The van der Waals surface area contributed by atoms with Crippen LogP contribution in [0.4, 0.5) is 5.69 Å². The fraction of sp³-hybridized carbons (Fsp3) is 0.407. The molecule has 8 heteroatoms. The number of hydrogen-bond acceptors (Lipinski definition) is 6. The van der Waals surface area contributed by atoms with E-state index in [-0.39, 0.29) is 37.6 Å². The van der Waals surface area contributed by atoms with Gasteiger partial charge in [0.05, 0.1) is 18.8 Å². The highest BCUT2D eigenvalue weighted by atomic mass is 16.7. The molecule has 0 aliphatic carbocycles. The molecule has 35 heavy (non-hydrogen) atoms. The largest absolute Gasteiger partial charge is 0.481 e. The van der Waals surface area contributed by atoms with Gasteiger partial charge in [0.15, 0.2) is 6.29 Å². The molecule has 2 aromatic rings. The first kappa shape index (κ1) is 26.6. The minimum absolute atomic E-state index is 0.00500. The van der Waals surface area contributed by atoms with Gasteiger partial charge in [-0.3, -0.25) is 9.59 Å². The standard InChI is InChI=1S/C27H34N2O6/c1-3-15-29(2)17-23-16-24(20-9-7-19(18-30)8-10-20)35-27(34-23)21-11-13-22(14-12-21)28-25(31)5-4-6-26(32)33/h3,7-14,23-24,27,30H,1,4-6,15-18H2,2H3,(H,28,31)(H,32,33)/t23-,24+,27+/m1/s1. The van der Waals surface area contributed by atoms with Crippen molar-refractivity contribution in [3.8, 4) is 0 Å². The number of carbonyl (C=O) groups excluding carboxylic acids is 1. The second-order valence-electron chi connectivity index (χ2n) is 8.78. The van der Waals surface area contributed by atoms with Crippen LogP contribution in [0, 0.1) is 0 Å². The van der Waals surface area contributed by atoms with E-state index in [1.54, 1.807) is 12.1 Å². The number of hydrogen-bond donors (Lipinski definition) is 3. The number of nitrogens with one attached hydrogen (secondary N) is 1. The Morgan fingerprint density at radius 3 is 2.40 bits per heavy atom. The summed E-state index contributed by atoms with van der Waals surface area (Å²) in [5.74, 6) is -1.13. The lowest BCUT2D eigenvalue weighted by Gasteiger charge is -2.37. The minimum Gasteiger partial charge on any atom is -0.481 e. The van der Waals surface area contributed by atoms with Gasteiger partial charge in [0, 0.05) is 43.6 Å². The fourth-order valence-corrected chi connectivity index (χ4v) is 4.02. The second-order valence-corrected chi connectivity index (χ2v) is 8.78. The summed E-state index contributed by atoms with van der Waals surface area (Å²) < 4.78 is 12.6. The van der Waals surface area contributed by atoms with Gasteiger partial charge in [-0.1, -0.05) is 42.5 Å². The van der Waals surface area contributed by atoms with Gasteiger partial charge < -0.3 is 29.9 Å². The molecule has 1 aliphatic rings. The number of benzene rings is 2. The van der Waals surface area contributed by atoms with Gasteiger partial charge in [-0.15, -0.1) is 6.58 Å². The average molecular weight is 483 g/mol. The van der Waals surface area contributed by atoms with Crippen LogP contribution in [0.3, 0.4) is 0 Å². The summed E-state index contributed by atoms with van der Waals surface area (Å²) in [6.45, 7) is 5.28. The van der Waals surface area contributed by atoms with Gasteiger partial charge in [-0.25, -0.2) is 0 Å². The zero-order valence-corrected chi connectivity index (χ0v) is 20.1. The molecule has 3 rings (SSSR count). The smallest absolute Gasteiger partial charge is 0.303 e. The Morgan fingerprint density at radius 1 is 1.09 bits per heavy atom. The fourth-order valence-electron chi connectivity index (χ4n) is 4.02. The molecule has 1 amide bonds. The highest BCUT2D eigenvalue weighted by molar-refractivity contribution is 5.90. The maximum atomic E-state index is 12.0. The van der Waals surface area contributed by atoms with Crippen molar-refractivity contribution >= 4 is 17.6 Å². The lowest BCUT2D eigenvalue weighted by molar-refractivity contribution is -0.252. The van der Waals surface area contributed by atoms with Crippen molar-refractivity contribution in [2.45, 2.75) is 50.8 Å². The third-order valence-electron chi connectivity index (χ3n) is 5.83. The van der Waals surface area contributed by atoms with E-state index in [4.69, 9.17) is 14.6 Å². The summed E-state index contributed by atoms with van der Waals surface area (Å²) in [6, 6.07) is 15.0. The molecule has 1 saturated heterocycles. The van der Waals surface area contributed by atoms with Crippen LogP contribution < -0.4 is 5.32 Å². The minimum atomic E-state index is -0.911. The number of amides is 1. The average Bonchev–Trinajstić information content (AvgIpc) is 2.84. The molecule has 0 saturated carbocycles. The Morgan fingerprint density at radius 2 is 1.77 bits per heavy atom. The zero-order chi connectivity index (χ0) is 25.2. The van der Waals surface area contributed by atoms with E-state index in [0.717, 1.165) is 29.8 Å². The number of anilines is 1. The van der Waals surface area contributed by atoms with Crippen LogP contribution in [0.15, 0.2) is 61.2 Å². The predicted molar refractivity (Wildman–Crippen MR) is 133 cm³/mol. The first-order valence-electron chi connectivity index (χ1n) is 11.8. The number of rotatable bonds is 12. The number of aliphatic hydroxyl groups is 1. The molecule has 0 spiro atoms. The van der Waals surface area contributed by atoms with Crippen LogP contribution in [-0.2, 0) is 25.7 Å². The molecule has 3 atom stereocenters. The second kappa shape index (κ2) is 13.2. The van der Waals surface area contributed by atoms with Crippen molar-refractivity contribution in [2.24, 2.45) is 0 Å². The van der Waals surface area contributed by atoms with E-state index in [1.165, 1.54) is 0 Å². The van der Waals surface area contributed by atoms with Crippen molar-refractivity contribution in [3.05, 3.63) is 77.9 Å². The molecule has 0 radical (unpaired) electrons. The van der Waals surface area contributed by atoms with Crippen LogP contribution in [0.1, 0.15) is 54.8 Å². The maximum absolute atomic E-state index is 12.0. The first-order valence-corrected chi connectivity index (χ1v) is 11.8. The van der Waals surface area contributed by atoms with Gasteiger partial charge in [-0.2, -0.15) is 0 Å². The Balaban J connectivity index is 1.69. The number of likely N-dealkylation sites (N-methyl/N-ethyl adjacent to an activating group) is 1. The number of aliphatic carboxylic acids is 1. The molecular formula is C27H34N2O6. The summed E-state index contributed by atoms with van der Waals surface area (Å²) >= 11 is 0. The zero-order valence-electron chi connectivity index (χ0n) is 20.1. The lowest BCUT2D eigenvalue weighted by Crippen LogP contribution is -2.37. The van der Waals surface area contributed by atoms with Gasteiger partial charge in [-0.05, 0) is 36.7 Å². The topological polar surface area (TPSA) is 108 Å². The van der Waals surface area contributed by atoms with Crippen molar-refractivity contribution in [1.82, 2.24) is 4.90 Å². The van der Waals surface area contributed by atoms with E-state index >= 15 is 0 Å². The monoisotopic (exact) mass is 482 g/mol. The van der Waals surface area contributed by atoms with E-state index < -0.39 is 12.3 Å². The Hall–Kier alpha value is -3.04. The van der Waals surface area contributed by atoms with E-state index in [1.807, 2.05) is 49.5 Å². The van der Waals surface area contributed by atoms with Crippen molar-refractivity contribution in [1.29, 1.82) is 0 Å². The van der Waals surface area contributed by atoms with Crippen LogP contribution in [-0.4, -0.2) is 53.2 Å². The van der Waals surface area contributed by atoms with Crippen LogP contribution >= 0.6 is 0 Å². The molecule has 0 aromatic heterocycles. The SMILES string of the molecule is C=CCN(C)C[C@H]1C[C@@H](c2ccc(CO)cc2)O[C@@H](c2ccc(NC(=O)CCCC(=O)O)cc2)O1. The van der Waals surface area contributed by atoms with Crippen LogP contribution in [0.25, 0.3) is 0 Å². The summed E-state index contributed by atoms with van der Waals surface area (Å²) in [6.07, 6.45) is 2.17. The summed E-state index contributed by atoms with van der Waals surface area (Å²) in [5, 5.41) is 20.8. The molecule has 8 nitrogen and oxygen atoms in total. The number of nitrogens with zero attached hydrogens (tertiary/aromatic N) is 1. The summed E-state index contributed by atoms with van der Waals surface area (Å²) in [4.78, 5) is 24.8. The number of carboxylic acids is 1. The van der Waals surface area contributed by atoms with Crippen molar-refractivity contribution in [3.63, 3.8) is 0 Å². The molecule has 1 heterocycles. The maximum Gasteiger partial charge on any atom is 0.303 e. The summed E-state index contributed by atoms with van der Waals surface area (Å²) in [7, 11) is 2.02. The number of ether oxygens (including phenoxy) is 2. The van der Waals surface area contributed by atoms with E-state index in [9.17, 15) is 14.7 Å². The highest BCUT2D eigenvalue weighted by Crippen LogP contribution is 2.38. The Labute approximate surface area is 206 Å². The predicted octanol–water partition coefficient (Wildman–Crippen LogP) is 4.04. The van der Waals surface area contributed by atoms with Crippen molar-refractivity contribution < 1.29 is 29.3 Å². The molecule has 3 N–H and O–H groups in total. The number of carbonyl (C=O) groups is 2. The number of carboxylic acid groups (broad SMARTS) is 1. The Bertz CT molecular complexity index is 976. The summed E-state index contributed by atoms with van der Waals surface area (Å²) in [5.41, 5.74) is 3.34. The molecule has 0 unspecified atom stereocenters. The molecule has 1 fully saturated rings. The van der Waals surface area contributed by atoms with Gasteiger partial charge in [0.1, 0.15) is 0 Å². The molecule has 188 valence electrons. The van der Waals surface area contributed by atoms with E-state index in [0.29, 0.717) is 18.5 Å². The lowest BCUT2D eigenvalue weighted by atomic mass is 9.99. The third-order valence-corrected chi connectivity index (χ3v) is 5.83. The Kier molecular flexibility index (Phi) is 9.98. The molecular weight excluding hydrogens is 448 g/mol. The molecule has 2 aromatic carbocycles. The van der Waals surface area contributed by atoms with Crippen LogP contribution in [0.5, 0.6) is 0 Å². The third kappa shape index (κ3) is 8.29. The highest BCUT2D eigenvalue weighted by Gasteiger charge is 2.32. The van der Waals surface area contributed by atoms with E-state index in [2.05, 4.69) is 16.8 Å².